The van der Waals surface area contributed by atoms with Gasteiger partial charge in [0.1, 0.15) is 5.75 Å². The summed E-state index contributed by atoms with van der Waals surface area (Å²) in [6.07, 6.45) is 4.57. The van der Waals surface area contributed by atoms with E-state index in [9.17, 15) is 13.2 Å². The van der Waals surface area contributed by atoms with Crippen molar-refractivity contribution >= 4 is 34.0 Å². The van der Waals surface area contributed by atoms with E-state index in [2.05, 4.69) is 15.4 Å². The van der Waals surface area contributed by atoms with E-state index < -0.39 is 10.0 Å². The summed E-state index contributed by atoms with van der Waals surface area (Å²) < 4.78 is 32.6. The molecule has 1 saturated heterocycles. The zero-order valence-electron chi connectivity index (χ0n) is 14.1. The Morgan fingerprint density at radius 1 is 1.24 bits per heavy atom. The quantitative estimate of drug-likeness (QED) is 0.687. The first kappa shape index (κ1) is 20.0. The SMILES string of the molecule is COc1ccc(S(=O)(=O)NC2CC2)cc1NC(=O)C1CCCCN1.Cl. The highest BCUT2D eigenvalue weighted by Gasteiger charge is 2.29. The number of sulfonamides is 1. The highest BCUT2D eigenvalue weighted by Crippen LogP contribution is 2.29. The van der Waals surface area contributed by atoms with Crippen molar-refractivity contribution in [2.24, 2.45) is 0 Å². The first-order chi connectivity index (χ1) is 11.5. The zero-order valence-corrected chi connectivity index (χ0v) is 15.7. The number of hydrogen-bond acceptors (Lipinski definition) is 5. The van der Waals surface area contributed by atoms with Crippen molar-refractivity contribution in [3.63, 3.8) is 0 Å². The normalized spacial score (nSPS) is 20.4. The van der Waals surface area contributed by atoms with Crippen LogP contribution in [0, 0.1) is 0 Å². The van der Waals surface area contributed by atoms with E-state index in [-0.39, 0.29) is 35.3 Å². The molecule has 3 rings (SSSR count). The van der Waals surface area contributed by atoms with E-state index in [1.807, 2.05) is 0 Å². The number of anilines is 1. The predicted molar refractivity (Wildman–Crippen MR) is 97.9 cm³/mol. The number of carbonyl (C=O) groups excluding carboxylic acids is 1. The summed E-state index contributed by atoms with van der Waals surface area (Å²) >= 11 is 0. The maximum Gasteiger partial charge on any atom is 0.241 e. The molecule has 0 bridgehead atoms. The van der Waals surface area contributed by atoms with Gasteiger partial charge in [-0.05, 0) is 50.4 Å². The molecule has 25 heavy (non-hydrogen) atoms. The van der Waals surface area contributed by atoms with Crippen LogP contribution in [0.1, 0.15) is 32.1 Å². The lowest BCUT2D eigenvalue weighted by atomic mass is 10.0. The van der Waals surface area contributed by atoms with Crippen LogP contribution in [0.15, 0.2) is 23.1 Å². The van der Waals surface area contributed by atoms with Gasteiger partial charge in [0.15, 0.2) is 0 Å². The smallest absolute Gasteiger partial charge is 0.241 e. The highest BCUT2D eigenvalue weighted by molar-refractivity contribution is 7.89. The van der Waals surface area contributed by atoms with Crippen LogP contribution in [0.5, 0.6) is 5.75 Å². The van der Waals surface area contributed by atoms with Crippen LogP contribution in [0.4, 0.5) is 5.69 Å². The molecule has 1 aliphatic carbocycles. The number of carbonyl (C=O) groups is 1. The first-order valence-electron chi connectivity index (χ1n) is 8.24. The van der Waals surface area contributed by atoms with Gasteiger partial charge in [0.25, 0.3) is 0 Å². The van der Waals surface area contributed by atoms with Crippen LogP contribution in [-0.2, 0) is 14.8 Å². The van der Waals surface area contributed by atoms with Crippen LogP contribution < -0.4 is 20.1 Å². The minimum absolute atomic E-state index is 0. The van der Waals surface area contributed by atoms with Gasteiger partial charge in [0.05, 0.1) is 23.7 Å². The molecule has 1 heterocycles. The lowest BCUT2D eigenvalue weighted by molar-refractivity contribution is -0.118. The average molecular weight is 390 g/mol. The number of methoxy groups -OCH3 is 1. The van der Waals surface area contributed by atoms with Crippen LogP contribution in [-0.4, -0.2) is 40.1 Å². The Bertz CT molecular complexity index is 716. The second-order valence-electron chi connectivity index (χ2n) is 6.25. The number of piperidine rings is 1. The van der Waals surface area contributed by atoms with Crippen molar-refractivity contribution in [1.29, 1.82) is 0 Å². The standard InChI is InChI=1S/C16H23N3O4S.ClH/c1-23-15-8-7-12(24(21,22)19-11-5-6-11)10-14(15)18-16(20)13-4-2-3-9-17-13;/h7-8,10-11,13,17,19H,2-6,9H2,1H3,(H,18,20);1H. The van der Waals surface area contributed by atoms with E-state index in [1.165, 1.54) is 19.2 Å². The van der Waals surface area contributed by atoms with Gasteiger partial charge in [-0.15, -0.1) is 12.4 Å². The molecule has 1 aromatic rings. The summed E-state index contributed by atoms with van der Waals surface area (Å²) in [7, 11) is -2.09. The molecule has 0 radical (unpaired) electrons. The Morgan fingerprint density at radius 2 is 2.00 bits per heavy atom. The molecular weight excluding hydrogens is 366 g/mol. The number of hydrogen-bond donors (Lipinski definition) is 3. The van der Waals surface area contributed by atoms with E-state index in [4.69, 9.17) is 4.74 Å². The Hall–Kier alpha value is -1.35. The number of amides is 1. The molecule has 1 amide bonds. The average Bonchev–Trinajstić information content (AvgIpc) is 3.39. The second kappa shape index (κ2) is 8.35. The Kier molecular flexibility index (Phi) is 6.67. The third kappa shape index (κ3) is 5.07. The van der Waals surface area contributed by atoms with Gasteiger partial charge < -0.3 is 15.4 Å². The van der Waals surface area contributed by atoms with E-state index >= 15 is 0 Å². The van der Waals surface area contributed by atoms with Crippen LogP contribution in [0.2, 0.25) is 0 Å². The van der Waals surface area contributed by atoms with Crippen molar-refractivity contribution in [3.05, 3.63) is 18.2 Å². The minimum atomic E-state index is -3.58. The molecule has 140 valence electrons. The van der Waals surface area contributed by atoms with Gasteiger partial charge in [-0.1, -0.05) is 6.42 Å². The third-order valence-corrected chi connectivity index (χ3v) is 5.78. The first-order valence-corrected chi connectivity index (χ1v) is 9.72. The summed E-state index contributed by atoms with van der Waals surface area (Å²) in [6.45, 7) is 0.814. The molecule has 9 heteroatoms. The fourth-order valence-electron chi connectivity index (χ4n) is 2.74. The zero-order chi connectivity index (χ0) is 17.2. The molecule has 2 aliphatic rings. The summed E-state index contributed by atoms with van der Waals surface area (Å²) in [6, 6.07) is 4.27. The van der Waals surface area contributed by atoms with E-state index in [0.29, 0.717) is 11.4 Å². The monoisotopic (exact) mass is 389 g/mol. The lowest BCUT2D eigenvalue weighted by Crippen LogP contribution is -2.43. The van der Waals surface area contributed by atoms with Crippen molar-refractivity contribution in [3.8, 4) is 5.75 Å². The largest absolute Gasteiger partial charge is 0.495 e. The fourth-order valence-corrected chi connectivity index (χ4v) is 4.07. The number of ether oxygens (including phenoxy) is 1. The Labute approximate surface area is 154 Å². The van der Waals surface area contributed by atoms with Crippen LogP contribution in [0.3, 0.4) is 0 Å². The number of benzene rings is 1. The van der Waals surface area contributed by atoms with Crippen LogP contribution in [0.25, 0.3) is 0 Å². The molecule has 2 fully saturated rings. The molecule has 1 aromatic carbocycles. The van der Waals surface area contributed by atoms with Crippen LogP contribution >= 0.6 is 12.4 Å². The van der Waals surface area contributed by atoms with Gasteiger partial charge in [-0.2, -0.15) is 0 Å². The third-order valence-electron chi connectivity index (χ3n) is 4.27. The molecule has 1 atom stereocenters. The van der Waals surface area contributed by atoms with Crippen molar-refractivity contribution < 1.29 is 17.9 Å². The van der Waals surface area contributed by atoms with E-state index in [0.717, 1.165) is 38.6 Å². The Morgan fingerprint density at radius 3 is 2.60 bits per heavy atom. The maximum atomic E-state index is 12.4. The molecule has 0 spiro atoms. The Balaban J connectivity index is 0.00000225. The summed E-state index contributed by atoms with van der Waals surface area (Å²) in [5.41, 5.74) is 0.369. The lowest BCUT2D eigenvalue weighted by Gasteiger charge is -2.23. The van der Waals surface area contributed by atoms with Crippen molar-refractivity contribution in [2.75, 3.05) is 19.0 Å². The predicted octanol–water partition coefficient (Wildman–Crippen LogP) is 1.64. The van der Waals surface area contributed by atoms with E-state index in [1.54, 1.807) is 6.07 Å². The number of halogens is 1. The topological polar surface area (TPSA) is 96.5 Å². The number of rotatable bonds is 6. The summed E-state index contributed by atoms with van der Waals surface area (Å²) in [5, 5.41) is 5.97. The van der Waals surface area contributed by atoms with Gasteiger partial charge in [-0.3, -0.25) is 4.79 Å². The van der Waals surface area contributed by atoms with Gasteiger partial charge in [0, 0.05) is 6.04 Å². The molecule has 7 nitrogen and oxygen atoms in total. The second-order valence-corrected chi connectivity index (χ2v) is 7.96. The summed E-state index contributed by atoms with van der Waals surface area (Å²) in [5.74, 6) is 0.266. The van der Waals surface area contributed by atoms with Gasteiger partial charge in [-0.25, -0.2) is 13.1 Å². The number of nitrogens with one attached hydrogen (secondary N) is 3. The summed E-state index contributed by atoms with van der Waals surface area (Å²) in [4.78, 5) is 12.5. The van der Waals surface area contributed by atoms with Gasteiger partial charge in [0.2, 0.25) is 15.9 Å². The molecule has 3 N–H and O–H groups in total. The molecule has 0 aromatic heterocycles. The highest BCUT2D eigenvalue weighted by atomic mass is 35.5. The molecule has 1 saturated carbocycles. The molecule has 1 unspecified atom stereocenters. The maximum absolute atomic E-state index is 12.4. The fraction of sp³-hybridized carbons (Fsp3) is 0.562. The van der Waals surface area contributed by atoms with Crippen molar-refractivity contribution in [1.82, 2.24) is 10.0 Å². The minimum Gasteiger partial charge on any atom is -0.495 e. The van der Waals surface area contributed by atoms with Crippen molar-refractivity contribution in [2.45, 2.75) is 49.1 Å². The molecule has 1 aliphatic heterocycles. The molecular formula is C16H24ClN3O4S. The van der Waals surface area contributed by atoms with Gasteiger partial charge >= 0.3 is 0 Å².